The molecule has 0 aliphatic carbocycles. The number of fused-ring (bicyclic) bond motifs is 1. The predicted molar refractivity (Wildman–Crippen MR) is 85.7 cm³/mol. The van der Waals surface area contributed by atoms with E-state index in [4.69, 9.17) is 0 Å². The van der Waals surface area contributed by atoms with E-state index in [9.17, 15) is 9.59 Å². The predicted octanol–water partition coefficient (Wildman–Crippen LogP) is 2.26. The van der Waals surface area contributed by atoms with E-state index in [0.717, 1.165) is 32.4 Å². The van der Waals surface area contributed by atoms with E-state index in [0.29, 0.717) is 29.6 Å². The fourth-order valence-corrected chi connectivity index (χ4v) is 2.96. The third-order valence-electron chi connectivity index (χ3n) is 4.17. The molecule has 22 heavy (non-hydrogen) atoms. The minimum absolute atomic E-state index is 0.108. The number of carbonyl (C=O) groups excluding carboxylic acids is 1. The average molecular weight is 299 g/mol. The van der Waals surface area contributed by atoms with Crippen LogP contribution in [0.2, 0.25) is 0 Å². The molecule has 1 amide bonds. The van der Waals surface area contributed by atoms with Gasteiger partial charge in [0.05, 0.1) is 10.9 Å². The van der Waals surface area contributed by atoms with Gasteiger partial charge in [-0.05, 0) is 37.8 Å². The molecule has 1 aromatic heterocycles. The molecule has 116 valence electrons. The second kappa shape index (κ2) is 6.73. The minimum Gasteiger partial charge on any atom is -0.343 e. The second-order valence-corrected chi connectivity index (χ2v) is 5.82. The highest BCUT2D eigenvalue weighted by molar-refractivity contribution is 5.77. The zero-order chi connectivity index (χ0) is 15.4. The molecule has 1 aromatic carbocycles. The van der Waals surface area contributed by atoms with E-state index in [1.54, 1.807) is 6.07 Å². The maximum atomic E-state index is 12.1. The van der Waals surface area contributed by atoms with Crippen LogP contribution in [0.25, 0.3) is 10.9 Å². The first kappa shape index (κ1) is 14.8. The van der Waals surface area contributed by atoms with Gasteiger partial charge in [-0.25, -0.2) is 4.98 Å². The van der Waals surface area contributed by atoms with Gasteiger partial charge < -0.3 is 9.88 Å². The van der Waals surface area contributed by atoms with Crippen LogP contribution in [0.15, 0.2) is 29.1 Å². The maximum Gasteiger partial charge on any atom is 0.258 e. The van der Waals surface area contributed by atoms with Gasteiger partial charge >= 0.3 is 0 Å². The highest BCUT2D eigenvalue weighted by Crippen LogP contribution is 2.12. The van der Waals surface area contributed by atoms with Gasteiger partial charge in [-0.15, -0.1) is 0 Å². The van der Waals surface area contributed by atoms with Crippen LogP contribution in [0.1, 0.15) is 37.9 Å². The van der Waals surface area contributed by atoms with Crippen LogP contribution < -0.4 is 5.56 Å². The standard InChI is InChI=1S/C17H21N3O2/c21-16(20-11-4-1-5-12-20)10-6-9-15-18-14-8-3-2-7-13(14)17(22)19-15/h2-3,7-8H,1,4-6,9-12H2,(H,18,19,22). The molecule has 1 aliphatic rings. The van der Waals surface area contributed by atoms with Crippen molar-refractivity contribution in [2.45, 2.75) is 38.5 Å². The zero-order valence-electron chi connectivity index (χ0n) is 12.7. The van der Waals surface area contributed by atoms with Crippen LogP contribution in [-0.2, 0) is 11.2 Å². The highest BCUT2D eigenvalue weighted by atomic mass is 16.2. The Kier molecular flexibility index (Phi) is 4.51. The molecule has 2 aromatic rings. The number of H-pyrrole nitrogens is 1. The van der Waals surface area contributed by atoms with Gasteiger partial charge in [-0.3, -0.25) is 9.59 Å². The van der Waals surface area contributed by atoms with Crippen molar-refractivity contribution in [1.29, 1.82) is 0 Å². The van der Waals surface area contributed by atoms with Crippen molar-refractivity contribution in [3.05, 3.63) is 40.4 Å². The van der Waals surface area contributed by atoms with E-state index in [1.165, 1.54) is 6.42 Å². The second-order valence-electron chi connectivity index (χ2n) is 5.82. The molecule has 1 saturated heterocycles. The van der Waals surface area contributed by atoms with Crippen molar-refractivity contribution in [2.24, 2.45) is 0 Å². The Bertz CT molecular complexity index is 717. The van der Waals surface area contributed by atoms with E-state index < -0.39 is 0 Å². The van der Waals surface area contributed by atoms with Crippen molar-refractivity contribution >= 4 is 16.8 Å². The van der Waals surface area contributed by atoms with E-state index in [1.807, 2.05) is 23.1 Å². The Hall–Kier alpha value is -2.17. The molecule has 5 nitrogen and oxygen atoms in total. The smallest absolute Gasteiger partial charge is 0.258 e. The van der Waals surface area contributed by atoms with Crippen LogP contribution in [0.5, 0.6) is 0 Å². The molecule has 0 radical (unpaired) electrons. The molecular formula is C17H21N3O2. The number of benzene rings is 1. The minimum atomic E-state index is -0.108. The van der Waals surface area contributed by atoms with Crippen LogP contribution >= 0.6 is 0 Å². The van der Waals surface area contributed by atoms with Gasteiger partial charge in [-0.1, -0.05) is 12.1 Å². The number of aromatic nitrogens is 2. The summed E-state index contributed by atoms with van der Waals surface area (Å²) in [6.07, 6.45) is 5.33. The molecule has 2 heterocycles. The summed E-state index contributed by atoms with van der Waals surface area (Å²) >= 11 is 0. The van der Waals surface area contributed by atoms with E-state index in [2.05, 4.69) is 9.97 Å². The number of hydrogen-bond acceptors (Lipinski definition) is 3. The summed E-state index contributed by atoms with van der Waals surface area (Å²) in [7, 11) is 0. The third kappa shape index (κ3) is 3.35. The number of hydrogen-bond donors (Lipinski definition) is 1. The SMILES string of the molecule is O=C(CCCc1nc2ccccc2c(=O)[nH]1)N1CCCCC1. The summed E-state index contributed by atoms with van der Waals surface area (Å²) in [6, 6.07) is 7.31. The molecule has 5 heteroatoms. The van der Waals surface area contributed by atoms with Crippen molar-refractivity contribution in [2.75, 3.05) is 13.1 Å². The number of aryl methyl sites for hydroxylation is 1. The van der Waals surface area contributed by atoms with Crippen LogP contribution in [-0.4, -0.2) is 33.9 Å². The lowest BCUT2D eigenvalue weighted by Crippen LogP contribution is -2.35. The number of carbonyl (C=O) groups is 1. The van der Waals surface area contributed by atoms with Crippen molar-refractivity contribution in [3.8, 4) is 0 Å². The molecule has 0 atom stereocenters. The first-order valence-electron chi connectivity index (χ1n) is 8.00. The fraction of sp³-hybridized carbons (Fsp3) is 0.471. The monoisotopic (exact) mass is 299 g/mol. The Morgan fingerprint density at radius 2 is 1.95 bits per heavy atom. The lowest BCUT2D eigenvalue weighted by Gasteiger charge is -2.26. The number of aromatic amines is 1. The molecule has 3 rings (SSSR count). The topological polar surface area (TPSA) is 66.1 Å². The molecule has 0 spiro atoms. The summed E-state index contributed by atoms with van der Waals surface area (Å²) in [6.45, 7) is 1.79. The number of para-hydroxylation sites is 1. The molecule has 1 fully saturated rings. The number of piperidine rings is 1. The number of amides is 1. The van der Waals surface area contributed by atoms with Gasteiger partial charge in [-0.2, -0.15) is 0 Å². The molecule has 0 unspecified atom stereocenters. The van der Waals surface area contributed by atoms with Crippen molar-refractivity contribution < 1.29 is 4.79 Å². The van der Waals surface area contributed by atoms with Gasteiger partial charge in [0, 0.05) is 25.9 Å². The van der Waals surface area contributed by atoms with Gasteiger partial charge in [0.25, 0.3) is 5.56 Å². The quantitative estimate of drug-likeness (QED) is 0.941. The normalized spacial score (nSPS) is 15.2. The largest absolute Gasteiger partial charge is 0.343 e. The van der Waals surface area contributed by atoms with Gasteiger partial charge in [0.1, 0.15) is 5.82 Å². The lowest BCUT2D eigenvalue weighted by atomic mass is 10.1. The molecule has 1 aliphatic heterocycles. The Morgan fingerprint density at radius 1 is 1.18 bits per heavy atom. The van der Waals surface area contributed by atoms with E-state index in [-0.39, 0.29) is 11.5 Å². The summed E-state index contributed by atoms with van der Waals surface area (Å²) in [5, 5.41) is 0.607. The number of nitrogens with one attached hydrogen (secondary N) is 1. The summed E-state index contributed by atoms with van der Waals surface area (Å²) < 4.78 is 0. The first-order chi connectivity index (χ1) is 10.7. The maximum absolute atomic E-state index is 12.1. The number of nitrogens with zero attached hydrogens (tertiary/aromatic N) is 2. The Morgan fingerprint density at radius 3 is 2.77 bits per heavy atom. The fourth-order valence-electron chi connectivity index (χ4n) is 2.96. The molecule has 0 bridgehead atoms. The van der Waals surface area contributed by atoms with Crippen LogP contribution in [0.4, 0.5) is 0 Å². The lowest BCUT2D eigenvalue weighted by molar-refractivity contribution is -0.132. The van der Waals surface area contributed by atoms with Gasteiger partial charge in [0.15, 0.2) is 0 Å². The Balaban J connectivity index is 1.59. The number of likely N-dealkylation sites (tertiary alicyclic amines) is 1. The van der Waals surface area contributed by atoms with Gasteiger partial charge in [0.2, 0.25) is 5.91 Å². The van der Waals surface area contributed by atoms with Crippen LogP contribution in [0, 0.1) is 0 Å². The van der Waals surface area contributed by atoms with E-state index >= 15 is 0 Å². The van der Waals surface area contributed by atoms with Crippen molar-refractivity contribution in [3.63, 3.8) is 0 Å². The summed E-state index contributed by atoms with van der Waals surface area (Å²) in [5.74, 6) is 0.887. The Labute approximate surface area is 129 Å². The third-order valence-corrected chi connectivity index (χ3v) is 4.17. The van der Waals surface area contributed by atoms with Crippen molar-refractivity contribution in [1.82, 2.24) is 14.9 Å². The summed E-state index contributed by atoms with van der Waals surface area (Å²) in [4.78, 5) is 33.3. The summed E-state index contributed by atoms with van der Waals surface area (Å²) in [5.41, 5.74) is 0.603. The zero-order valence-corrected chi connectivity index (χ0v) is 12.7. The highest BCUT2D eigenvalue weighted by Gasteiger charge is 2.15. The number of rotatable bonds is 4. The molecule has 1 N–H and O–H groups in total. The molecule has 0 saturated carbocycles. The average Bonchev–Trinajstić information content (AvgIpc) is 2.56. The first-order valence-corrected chi connectivity index (χ1v) is 8.00. The molecular weight excluding hydrogens is 278 g/mol. The van der Waals surface area contributed by atoms with Crippen LogP contribution in [0.3, 0.4) is 0 Å².